The Hall–Kier alpha value is -2.64. The number of benzene rings is 2. The molecule has 1 fully saturated rings. The summed E-state index contributed by atoms with van der Waals surface area (Å²) in [7, 11) is 0. The number of carbonyl (C=O) groups excluding carboxylic acids is 1. The second kappa shape index (κ2) is 9.24. The number of thioether (sulfide) groups is 1. The van der Waals surface area contributed by atoms with E-state index in [1.165, 1.54) is 17.3 Å². The summed E-state index contributed by atoms with van der Waals surface area (Å²) in [6, 6.07) is 20.1. The van der Waals surface area contributed by atoms with Gasteiger partial charge in [0.1, 0.15) is 0 Å². The molecule has 1 unspecified atom stereocenters. The van der Waals surface area contributed by atoms with Gasteiger partial charge in [0, 0.05) is 38.3 Å². The molecular weight excluding hydrogens is 384 g/mol. The van der Waals surface area contributed by atoms with E-state index in [0.717, 1.165) is 38.3 Å². The Morgan fingerprint density at radius 2 is 1.66 bits per heavy atom. The van der Waals surface area contributed by atoms with Crippen LogP contribution in [0.5, 0.6) is 0 Å². The van der Waals surface area contributed by atoms with Crippen LogP contribution in [0.2, 0.25) is 0 Å². The third kappa shape index (κ3) is 5.05. The van der Waals surface area contributed by atoms with Gasteiger partial charge in [-0.2, -0.15) is 0 Å². The number of nitrogens with zero attached hydrogens (tertiary/aromatic N) is 4. The van der Waals surface area contributed by atoms with Crippen molar-refractivity contribution >= 4 is 17.7 Å². The van der Waals surface area contributed by atoms with Crippen LogP contribution in [0.15, 0.2) is 70.3 Å². The van der Waals surface area contributed by atoms with E-state index in [1.807, 2.05) is 48.2 Å². The van der Waals surface area contributed by atoms with Gasteiger partial charge in [-0.3, -0.25) is 9.69 Å². The van der Waals surface area contributed by atoms with Crippen LogP contribution in [0.1, 0.15) is 12.5 Å². The molecular formula is C22H24N4O2S. The zero-order valence-corrected chi connectivity index (χ0v) is 17.2. The summed E-state index contributed by atoms with van der Waals surface area (Å²) < 4.78 is 5.72. The zero-order chi connectivity index (χ0) is 20.1. The number of hydrogen-bond donors (Lipinski definition) is 0. The molecule has 1 atom stereocenters. The highest BCUT2D eigenvalue weighted by Crippen LogP contribution is 2.27. The van der Waals surface area contributed by atoms with Crippen molar-refractivity contribution in [2.45, 2.75) is 23.9 Å². The Bertz CT molecular complexity index is 924. The minimum Gasteiger partial charge on any atom is -0.411 e. The molecule has 1 amide bonds. The van der Waals surface area contributed by atoms with Gasteiger partial charge in [-0.1, -0.05) is 60.3 Å². The molecule has 29 heavy (non-hydrogen) atoms. The highest BCUT2D eigenvalue weighted by atomic mass is 32.2. The van der Waals surface area contributed by atoms with Gasteiger partial charge in [0.05, 0.1) is 5.25 Å². The van der Waals surface area contributed by atoms with E-state index in [0.29, 0.717) is 11.1 Å². The van der Waals surface area contributed by atoms with Gasteiger partial charge in [0.15, 0.2) is 0 Å². The Labute approximate surface area is 174 Å². The van der Waals surface area contributed by atoms with Gasteiger partial charge in [0.25, 0.3) is 5.22 Å². The van der Waals surface area contributed by atoms with Crippen molar-refractivity contribution in [2.24, 2.45) is 0 Å². The van der Waals surface area contributed by atoms with E-state index < -0.39 is 0 Å². The maximum atomic E-state index is 12.8. The maximum Gasteiger partial charge on any atom is 0.277 e. The molecule has 1 aliphatic rings. The molecule has 0 bridgehead atoms. The largest absolute Gasteiger partial charge is 0.411 e. The lowest BCUT2D eigenvalue weighted by Crippen LogP contribution is -2.50. The monoisotopic (exact) mass is 408 g/mol. The van der Waals surface area contributed by atoms with Crippen LogP contribution in [0.4, 0.5) is 0 Å². The smallest absolute Gasteiger partial charge is 0.277 e. The Morgan fingerprint density at radius 3 is 2.34 bits per heavy atom. The molecule has 0 aliphatic carbocycles. The summed E-state index contributed by atoms with van der Waals surface area (Å²) in [4.78, 5) is 17.2. The van der Waals surface area contributed by atoms with Crippen LogP contribution in [-0.2, 0) is 11.3 Å². The van der Waals surface area contributed by atoms with Crippen LogP contribution in [-0.4, -0.2) is 57.3 Å². The van der Waals surface area contributed by atoms with Gasteiger partial charge in [-0.25, -0.2) is 0 Å². The summed E-state index contributed by atoms with van der Waals surface area (Å²) >= 11 is 1.32. The van der Waals surface area contributed by atoms with Crippen molar-refractivity contribution in [3.63, 3.8) is 0 Å². The molecule has 2 heterocycles. The second-order valence-corrected chi connectivity index (χ2v) is 8.38. The number of aromatic nitrogens is 2. The summed E-state index contributed by atoms with van der Waals surface area (Å²) in [6.07, 6.45) is 0. The number of rotatable bonds is 6. The highest BCUT2D eigenvalue weighted by molar-refractivity contribution is 8.00. The van der Waals surface area contributed by atoms with E-state index >= 15 is 0 Å². The van der Waals surface area contributed by atoms with Gasteiger partial charge in [-0.15, -0.1) is 10.2 Å². The number of amides is 1. The number of hydrogen-bond acceptors (Lipinski definition) is 6. The van der Waals surface area contributed by atoms with Crippen molar-refractivity contribution in [1.29, 1.82) is 0 Å². The fourth-order valence-corrected chi connectivity index (χ4v) is 4.15. The summed E-state index contributed by atoms with van der Waals surface area (Å²) in [5.74, 6) is 0.594. The molecule has 0 N–H and O–H groups in total. The molecule has 4 rings (SSSR count). The first-order valence-corrected chi connectivity index (χ1v) is 10.7. The summed E-state index contributed by atoms with van der Waals surface area (Å²) in [6.45, 7) is 6.09. The van der Waals surface area contributed by atoms with Crippen molar-refractivity contribution in [1.82, 2.24) is 20.0 Å². The molecule has 0 radical (unpaired) electrons. The number of carbonyl (C=O) groups is 1. The van der Waals surface area contributed by atoms with E-state index in [1.54, 1.807) is 0 Å². The first-order chi connectivity index (χ1) is 14.2. The van der Waals surface area contributed by atoms with Gasteiger partial charge < -0.3 is 9.32 Å². The Morgan fingerprint density at radius 1 is 1.00 bits per heavy atom. The van der Waals surface area contributed by atoms with Gasteiger partial charge >= 0.3 is 0 Å². The van der Waals surface area contributed by atoms with Crippen LogP contribution in [0.3, 0.4) is 0 Å². The predicted molar refractivity (Wildman–Crippen MR) is 113 cm³/mol. The molecule has 150 valence electrons. The SMILES string of the molecule is CC(Sc1nnc(-c2ccccc2)o1)C(=O)N1CCN(Cc2ccccc2)CC1. The first-order valence-electron chi connectivity index (χ1n) is 9.80. The molecule has 1 saturated heterocycles. The summed E-state index contributed by atoms with van der Waals surface area (Å²) in [5.41, 5.74) is 2.18. The predicted octanol–water partition coefficient (Wildman–Crippen LogP) is 3.56. The van der Waals surface area contributed by atoms with Crippen molar-refractivity contribution in [3.8, 4) is 11.5 Å². The van der Waals surface area contributed by atoms with Gasteiger partial charge in [-0.05, 0) is 24.6 Å². The van der Waals surface area contributed by atoms with Crippen LogP contribution in [0, 0.1) is 0 Å². The standard InChI is InChI=1S/C22H24N4O2S/c1-17(29-22-24-23-20(28-22)19-10-6-3-7-11-19)21(27)26-14-12-25(13-15-26)16-18-8-4-2-5-9-18/h2-11,17H,12-16H2,1H3. The minimum atomic E-state index is -0.264. The molecule has 0 spiro atoms. The second-order valence-electron chi connectivity index (χ2n) is 7.09. The molecule has 3 aromatic rings. The van der Waals surface area contributed by atoms with Crippen molar-refractivity contribution in [2.75, 3.05) is 26.2 Å². The van der Waals surface area contributed by atoms with E-state index in [2.05, 4.69) is 39.4 Å². The molecule has 1 aromatic heterocycles. The fraction of sp³-hybridized carbons (Fsp3) is 0.318. The Balaban J connectivity index is 1.28. The average molecular weight is 409 g/mol. The molecule has 0 saturated carbocycles. The normalized spacial score (nSPS) is 16.0. The van der Waals surface area contributed by atoms with Crippen LogP contribution < -0.4 is 0 Å². The molecule has 1 aliphatic heterocycles. The lowest BCUT2D eigenvalue weighted by molar-refractivity contribution is -0.132. The van der Waals surface area contributed by atoms with Crippen LogP contribution >= 0.6 is 11.8 Å². The molecule has 6 nitrogen and oxygen atoms in total. The fourth-order valence-electron chi connectivity index (χ4n) is 3.38. The quantitative estimate of drug-likeness (QED) is 0.581. The topological polar surface area (TPSA) is 62.5 Å². The van der Waals surface area contributed by atoms with E-state index in [4.69, 9.17) is 4.42 Å². The zero-order valence-electron chi connectivity index (χ0n) is 16.4. The molecule has 7 heteroatoms. The van der Waals surface area contributed by atoms with Crippen LogP contribution in [0.25, 0.3) is 11.5 Å². The number of piperazine rings is 1. The summed E-state index contributed by atoms with van der Waals surface area (Å²) in [5, 5.41) is 8.34. The lowest BCUT2D eigenvalue weighted by Gasteiger charge is -2.35. The van der Waals surface area contributed by atoms with Crippen molar-refractivity contribution < 1.29 is 9.21 Å². The highest BCUT2D eigenvalue weighted by Gasteiger charge is 2.27. The maximum absolute atomic E-state index is 12.8. The van der Waals surface area contributed by atoms with E-state index in [9.17, 15) is 4.79 Å². The third-order valence-corrected chi connectivity index (χ3v) is 5.91. The third-order valence-electron chi connectivity index (χ3n) is 4.99. The lowest BCUT2D eigenvalue weighted by atomic mass is 10.2. The Kier molecular flexibility index (Phi) is 6.27. The van der Waals surface area contributed by atoms with Crippen molar-refractivity contribution in [3.05, 3.63) is 66.2 Å². The first kappa shape index (κ1) is 19.7. The van der Waals surface area contributed by atoms with Gasteiger partial charge in [0.2, 0.25) is 11.8 Å². The average Bonchev–Trinajstić information content (AvgIpc) is 3.23. The minimum absolute atomic E-state index is 0.119. The van der Waals surface area contributed by atoms with E-state index in [-0.39, 0.29) is 11.2 Å². The molecule has 2 aromatic carbocycles.